The molecule has 1 aliphatic heterocycles. The first-order valence-electron chi connectivity index (χ1n) is 3.17. The second-order valence-electron chi connectivity index (χ2n) is 2.28. The summed E-state index contributed by atoms with van der Waals surface area (Å²) in [5.41, 5.74) is 0. The summed E-state index contributed by atoms with van der Waals surface area (Å²) in [5.74, 6) is 0. The van der Waals surface area contributed by atoms with Crippen LogP contribution < -0.4 is 0 Å². The van der Waals surface area contributed by atoms with Gasteiger partial charge < -0.3 is 14.6 Å². The van der Waals surface area contributed by atoms with Gasteiger partial charge in [-0.1, -0.05) is 0 Å². The molecule has 0 unspecified atom stereocenters. The van der Waals surface area contributed by atoms with E-state index in [9.17, 15) is 0 Å². The molecule has 0 saturated carbocycles. The summed E-state index contributed by atoms with van der Waals surface area (Å²) >= 11 is 0. The number of ether oxygens (including phenoxy) is 2. The lowest BCUT2D eigenvalue weighted by Crippen LogP contribution is -2.35. The number of aliphatic hydroxyl groups is 1. The van der Waals surface area contributed by atoms with Crippen molar-refractivity contribution in [2.24, 2.45) is 0 Å². The van der Waals surface area contributed by atoms with Crippen molar-refractivity contribution >= 4 is 0 Å². The van der Waals surface area contributed by atoms with Gasteiger partial charge in [0.25, 0.3) is 0 Å². The first kappa shape index (κ1) is 6.99. The van der Waals surface area contributed by atoms with Crippen molar-refractivity contribution in [3.8, 4) is 0 Å². The zero-order valence-electron chi connectivity index (χ0n) is 5.54. The van der Waals surface area contributed by atoms with Crippen LogP contribution in [0.1, 0.15) is 6.92 Å². The van der Waals surface area contributed by atoms with Crippen molar-refractivity contribution in [3.63, 3.8) is 0 Å². The molecule has 9 heavy (non-hydrogen) atoms. The second-order valence-corrected chi connectivity index (χ2v) is 2.28. The predicted octanol–water partition coefficient (Wildman–Crippen LogP) is -0.217. The number of aliphatic hydroxyl groups excluding tert-OH is 1. The molecule has 1 rings (SSSR count). The summed E-state index contributed by atoms with van der Waals surface area (Å²) in [6.07, 6.45) is 0.0917. The highest BCUT2D eigenvalue weighted by atomic mass is 16.6. The van der Waals surface area contributed by atoms with E-state index in [0.717, 1.165) is 0 Å². The maximum atomic E-state index is 8.57. The summed E-state index contributed by atoms with van der Waals surface area (Å²) in [6.45, 7) is 3.14. The molecule has 0 aromatic rings. The Labute approximate surface area is 54.6 Å². The highest BCUT2D eigenvalue weighted by Gasteiger charge is 2.17. The Balaban J connectivity index is 2.18. The largest absolute Gasteiger partial charge is 0.394 e. The topological polar surface area (TPSA) is 38.7 Å². The van der Waals surface area contributed by atoms with E-state index in [1.807, 2.05) is 6.92 Å². The van der Waals surface area contributed by atoms with E-state index >= 15 is 0 Å². The van der Waals surface area contributed by atoms with Crippen LogP contribution in [0.25, 0.3) is 0 Å². The number of rotatable bonds is 1. The van der Waals surface area contributed by atoms with Crippen LogP contribution in [0.2, 0.25) is 0 Å². The average Bonchev–Trinajstić information content (AvgIpc) is 1.90. The lowest BCUT2D eigenvalue weighted by Gasteiger charge is -2.25. The van der Waals surface area contributed by atoms with Crippen molar-refractivity contribution in [2.45, 2.75) is 19.1 Å². The Kier molecular flexibility index (Phi) is 2.45. The van der Waals surface area contributed by atoms with Crippen molar-refractivity contribution in [3.05, 3.63) is 0 Å². The Bertz CT molecular complexity index is 76.4. The molecule has 1 heterocycles. The molecule has 54 valence electrons. The molecule has 0 aromatic carbocycles. The Morgan fingerprint density at radius 2 is 2.22 bits per heavy atom. The molecule has 1 N–H and O–H groups in total. The highest BCUT2D eigenvalue weighted by Crippen LogP contribution is 2.04. The van der Waals surface area contributed by atoms with Crippen LogP contribution >= 0.6 is 0 Å². The minimum absolute atomic E-state index is 0.0622. The molecule has 0 radical (unpaired) electrons. The predicted molar refractivity (Wildman–Crippen MR) is 32.2 cm³/mol. The van der Waals surface area contributed by atoms with E-state index in [4.69, 9.17) is 14.6 Å². The molecule has 1 aliphatic rings. The fraction of sp³-hybridized carbons (Fsp3) is 1.00. The first-order valence-corrected chi connectivity index (χ1v) is 3.17. The van der Waals surface area contributed by atoms with E-state index < -0.39 is 0 Å². The third kappa shape index (κ3) is 1.93. The molecule has 0 aliphatic carbocycles. The van der Waals surface area contributed by atoms with Crippen LogP contribution in [0.3, 0.4) is 0 Å². The first-order chi connectivity index (χ1) is 4.33. The zero-order chi connectivity index (χ0) is 6.69. The van der Waals surface area contributed by atoms with E-state index in [0.29, 0.717) is 13.2 Å². The summed E-state index contributed by atoms with van der Waals surface area (Å²) in [7, 11) is 0. The molecular weight excluding hydrogens is 120 g/mol. The summed E-state index contributed by atoms with van der Waals surface area (Å²) < 4.78 is 10.4. The van der Waals surface area contributed by atoms with E-state index in [1.165, 1.54) is 0 Å². The van der Waals surface area contributed by atoms with Crippen LogP contribution in [0.5, 0.6) is 0 Å². The lowest BCUT2D eigenvalue weighted by atomic mass is 10.3. The minimum atomic E-state index is -0.0961. The molecule has 0 aromatic heterocycles. The fourth-order valence-corrected chi connectivity index (χ4v) is 0.745. The van der Waals surface area contributed by atoms with Gasteiger partial charge in [-0.05, 0) is 6.92 Å². The van der Waals surface area contributed by atoms with Gasteiger partial charge in [0.15, 0.2) is 0 Å². The molecule has 0 bridgehead atoms. The quantitative estimate of drug-likeness (QED) is 0.536. The van der Waals surface area contributed by atoms with E-state index in [-0.39, 0.29) is 18.8 Å². The summed E-state index contributed by atoms with van der Waals surface area (Å²) in [6, 6.07) is 0. The van der Waals surface area contributed by atoms with Crippen LogP contribution in [-0.4, -0.2) is 37.1 Å². The smallest absolute Gasteiger partial charge is 0.104 e. The standard InChI is InChI=1S/C6H12O3/c1-5-3-9-6(2-7)4-8-5/h5-7H,2-4H2,1H3/t5-,6+/m1/s1. The molecule has 3 heteroatoms. The minimum Gasteiger partial charge on any atom is -0.394 e. The third-order valence-corrected chi connectivity index (χ3v) is 1.34. The second kappa shape index (κ2) is 3.15. The van der Waals surface area contributed by atoms with Crippen LogP contribution in [0.15, 0.2) is 0 Å². The fourth-order valence-electron chi connectivity index (χ4n) is 0.745. The summed E-state index contributed by atoms with van der Waals surface area (Å²) in [5, 5.41) is 8.57. The van der Waals surface area contributed by atoms with E-state index in [1.54, 1.807) is 0 Å². The van der Waals surface area contributed by atoms with Gasteiger partial charge >= 0.3 is 0 Å². The van der Waals surface area contributed by atoms with E-state index in [2.05, 4.69) is 0 Å². The lowest BCUT2D eigenvalue weighted by molar-refractivity contribution is -0.138. The van der Waals surface area contributed by atoms with Crippen molar-refractivity contribution < 1.29 is 14.6 Å². The van der Waals surface area contributed by atoms with Gasteiger partial charge in [-0.25, -0.2) is 0 Å². The van der Waals surface area contributed by atoms with Crippen LogP contribution in [0, 0.1) is 0 Å². The maximum Gasteiger partial charge on any atom is 0.104 e. The molecule has 1 saturated heterocycles. The molecule has 0 amide bonds. The molecule has 3 nitrogen and oxygen atoms in total. The molecular formula is C6H12O3. The third-order valence-electron chi connectivity index (χ3n) is 1.34. The Hall–Kier alpha value is -0.120. The number of hydrogen-bond acceptors (Lipinski definition) is 3. The maximum absolute atomic E-state index is 8.57. The van der Waals surface area contributed by atoms with Gasteiger partial charge in [-0.2, -0.15) is 0 Å². The zero-order valence-corrected chi connectivity index (χ0v) is 5.54. The van der Waals surface area contributed by atoms with Gasteiger partial charge in [0.1, 0.15) is 6.10 Å². The highest BCUT2D eigenvalue weighted by molar-refractivity contribution is 4.62. The van der Waals surface area contributed by atoms with Gasteiger partial charge in [-0.15, -0.1) is 0 Å². The molecule has 1 fully saturated rings. The van der Waals surface area contributed by atoms with Gasteiger partial charge in [0, 0.05) is 0 Å². The van der Waals surface area contributed by atoms with Gasteiger partial charge in [0.05, 0.1) is 25.9 Å². The number of hydrogen-bond donors (Lipinski definition) is 1. The van der Waals surface area contributed by atoms with Crippen molar-refractivity contribution in [1.82, 2.24) is 0 Å². The Morgan fingerprint density at radius 1 is 1.44 bits per heavy atom. The van der Waals surface area contributed by atoms with Crippen molar-refractivity contribution in [2.75, 3.05) is 19.8 Å². The normalized spacial score (nSPS) is 36.7. The molecule has 0 spiro atoms. The van der Waals surface area contributed by atoms with Crippen LogP contribution in [-0.2, 0) is 9.47 Å². The average molecular weight is 132 g/mol. The van der Waals surface area contributed by atoms with Crippen molar-refractivity contribution in [1.29, 1.82) is 0 Å². The van der Waals surface area contributed by atoms with Crippen LogP contribution in [0.4, 0.5) is 0 Å². The Morgan fingerprint density at radius 3 is 2.67 bits per heavy atom. The summed E-state index contributed by atoms with van der Waals surface area (Å²) in [4.78, 5) is 0. The van der Waals surface area contributed by atoms with Gasteiger partial charge in [-0.3, -0.25) is 0 Å². The SMILES string of the molecule is C[C@@H]1CO[C@@H](CO)CO1. The molecule has 2 atom stereocenters. The van der Waals surface area contributed by atoms with Gasteiger partial charge in [0.2, 0.25) is 0 Å². The monoisotopic (exact) mass is 132 g/mol.